The van der Waals surface area contributed by atoms with E-state index in [-0.39, 0.29) is 23.4 Å². The maximum absolute atomic E-state index is 11.0. The van der Waals surface area contributed by atoms with Gasteiger partial charge in [-0.2, -0.15) is 4.98 Å². The molecule has 1 saturated heterocycles. The predicted molar refractivity (Wildman–Crippen MR) is 60.1 cm³/mol. The van der Waals surface area contributed by atoms with E-state index in [1.165, 1.54) is 13.4 Å². The topological polar surface area (TPSA) is 102 Å². The molecule has 2 heterocycles. The molecule has 92 valence electrons. The maximum Gasteiger partial charge on any atom is 0.372 e. The van der Waals surface area contributed by atoms with E-state index in [0.29, 0.717) is 0 Å². The first-order valence-corrected chi connectivity index (χ1v) is 5.23. The second-order valence-corrected chi connectivity index (χ2v) is 3.67. The minimum Gasteiger partial charge on any atom is -0.476 e. The molecule has 1 aliphatic rings. The van der Waals surface area contributed by atoms with E-state index in [1.54, 1.807) is 0 Å². The fourth-order valence-electron chi connectivity index (χ4n) is 1.75. The standard InChI is InChI=1S/C9H13N5O3/c1-17-9-7(14(15)16)8(11-5-12-9)13-6-2-3-10-4-6/h5-6,10H,2-4H2,1H3,(H,11,12,13). The molecule has 8 heteroatoms. The van der Waals surface area contributed by atoms with Gasteiger partial charge in [-0.25, -0.2) is 4.98 Å². The largest absolute Gasteiger partial charge is 0.476 e. The van der Waals surface area contributed by atoms with Crippen LogP contribution in [-0.2, 0) is 0 Å². The number of hydrogen-bond donors (Lipinski definition) is 2. The summed E-state index contributed by atoms with van der Waals surface area (Å²) in [5, 5.41) is 17.2. The van der Waals surface area contributed by atoms with Gasteiger partial charge in [-0.1, -0.05) is 0 Å². The predicted octanol–water partition coefficient (Wildman–Crippen LogP) is 0.167. The quantitative estimate of drug-likeness (QED) is 0.570. The van der Waals surface area contributed by atoms with E-state index in [9.17, 15) is 10.1 Å². The maximum atomic E-state index is 11.0. The second kappa shape index (κ2) is 4.91. The van der Waals surface area contributed by atoms with E-state index in [0.717, 1.165) is 19.5 Å². The lowest BCUT2D eigenvalue weighted by molar-refractivity contribution is -0.385. The average Bonchev–Trinajstić information content (AvgIpc) is 2.81. The molecule has 1 unspecified atom stereocenters. The van der Waals surface area contributed by atoms with Gasteiger partial charge in [0.25, 0.3) is 5.88 Å². The third-order valence-electron chi connectivity index (χ3n) is 2.57. The highest BCUT2D eigenvalue weighted by atomic mass is 16.6. The fourth-order valence-corrected chi connectivity index (χ4v) is 1.75. The van der Waals surface area contributed by atoms with Crippen molar-refractivity contribution in [2.75, 3.05) is 25.5 Å². The van der Waals surface area contributed by atoms with Gasteiger partial charge in [0, 0.05) is 12.6 Å². The molecule has 1 aliphatic heterocycles. The number of hydrogen-bond acceptors (Lipinski definition) is 7. The number of methoxy groups -OCH3 is 1. The third kappa shape index (κ3) is 2.41. The Morgan fingerprint density at radius 3 is 3.06 bits per heavy atom. The fraction of sp³-hybridized carbons (Fsp3) is 0.556. The molecule has 8 nitrogen and oxygen atoms in total. The van der Waals surface area contributed by atoms with E-state index in [1.807, 2.05) is 0 Å². The van der Waals surface area contributed by atoms with Gasteiger partial charge in [-0.15, -0.1) is 0 Å². The van der Waals surface area contributed by atoms with Crippen LogP contribution in [0.2, 0.25) is 0 Å². The Bertz CT molecular complexity index is 419. The molecule has 1 aromatic heterocycles. The van der Waals surface area contributed by atoms with E-state index in [2.05, 4.69) is 20.6 Å². The molecule has 0 amide bonds. The summed E-state index contributed by atoms with van der Waals surface area (Å²) >= 11 is 0. The summed E-state index contributed by atoms with van der Waals surface area (Å²) in [6.45, 7) is 1.66. The van der Waals surface area contributed by atoms with Gasteiger partial charge < -0.3 is 15.4 Å². The summed E-state index contributed by atoms with van der Waals surface area (Å²) in [5.74, 6) is 0.175. The highest BCUT2D eigenvalue weighted by Gasteiger charge is 2.26. The Morgan fingerprint density at radius 1 is 1.65 bits per heavy atom. The molecule has 1 fully saturated rings. The Kier molecular flexibility index (Phi) is 3.33. The van der Waals surface area contributed by atoms with Crippen LogP contribution in [0, 0.1) is 10.1 Å². The van der Waals surface area contributed by atoms with Crippen LogP contribution in [0.1, 0.15) is 6.42 Å². The van der Waals surface area contributed by atoms with Crippen LogP contribution in [0.3, 0.4) is 0 Å². The first-order chi connectivity index (χ1) is 8.22. The first kappa shape index (κ1) is 11.5. The number of ether oxygens (including phenoxy) is 1. The van der Waals surface area contributed by atoms with Crippen LogP contribution >= 0.6 is 0 Å². The van der Waals surface area contributed by atoms with Crippen molar-refractivity contribution in [1.29, 1.82) is 0 Å². The number of nitrogens with one attached hydrogen (secondary N) is 2. The molecule has 0 radical (unpaired) electrons. The van der Waals surface area contributed by atoms with Gasteiger partial charge in [0.1, 0.15) is 6.33 Å². The van der Waals surface area contributed by atoms with Crippen LogP contribution < -0.4 is 15.4 Å². The monoisotopic (exact) mass is 239 g/mol. The Morgan fingerprint density at radius 2 is 2.47 bits per heavy atom. The number of nitrogens with zero attached hydrogens (tertiary/aromatic N) is 3. The zero-order valence-corrected chi connectivity index (χ0v) is 9.34. The highest BCUT2D eigenvalue weighted by molar-refractivity contribution is 5.61. The molecule has 2 rings (SSSR count). The SMILES string of the molecule is COc1ncnc(NC2CCNC2)c1[N+](=O)[O-]. The smallest absolute Gasteiger partial charge is 0.372 e. The Balaban J connectivity index is 2.28. The Hall–Kier alpha value is -1.96. The lowest BCUT2D eigenvalue weighted by Gasteiger charge is -2.12. The normalized spacial score (nSPS) is 19.0. The van der Waals surface area contributed by atoms with E-state index < -0.39 is 4.92 Å². The van der Waals surface area contributed by atoms with Gasteiger partial charge in [-0.05, 0) is 13.0 Å². The van der Waals surface area contributed by atoms with Crippen molar-refractivity contribution in [1.82, 2.24) is 15.3 Å². The lowest BCUT2D eigenvalue weighted by Crippen LogP contribution is -2.23. The molecule has 0 saturated carbocycles. The minimum atomic E-state index is -0.538. The summed E-state index contributed by atoms with van der Waals surface area (Å²) < 4.78 is 4.86. The summed E-state index contributed by atoms with van der Waals surface area (Å²) in [6.07, 6.45) is 2.15. The van der Waals surface area contributed by atoms with E-state index in [4.69, 9.17) is 4.74 Å². The van der Waals surface area contributed by atoms with Crippen molar-refractivity contribution in [3.8, 4) is 5.88 Å². The minimum absolute atomic E-state index is 0.0292. The van der Waals surface area contributed by atoms with Crippen LogP contribution in [0.4, 0.5) is 11.5 Å². The van der Waals surface area contributed by atoms with Crippen molar-refractivity contribution in [2.24, 2.45) is 0 Å². The number of aromatic nitrogens is 2. The van der Waals surface area contributed by atoms with Crippen LogP contribution in [0.15, 0.2) is 6.33 Å². The summed E-state index contributed by atoms with van der Waals surface area (Å²) in [7, 11) is 1.34. The molecule has 0 aliphatic carbocycles. The van der Waals surface area contributed by atoms with Crippen molar-refractivity contribution >= 4 is 11.5 Å². The molecular formula is C9H13N5O3. The van der Waals surface area contributed by atoms with Crippen LogP contribution in [0.25, 0.3) is 0 Å². The molecule has 1 aromatic rings. The molecule has 1 atom stereocenters. The van der Waals surface area contributed by atoms with Gasteiger partial charge in [0.15, 0.2) is 0 Å². The summed E-state index contributed by atoms with van der Waals surface area (Å²) in [6, 6.07) is 0.147. The molecular weight excluding hydrogens is 226 g/mol. The van der Waals surface area contributed by atoms with Crippen LogP contribution in [-0.4, -0.2) is 41.1 Å². The Labute approximate surface area is 97.6 Å². The van der Waals surface area contributed by atoms with Crippen LogP contribution in [0.5, 0.6) is 5.88 Å². The second-order valence-electron chi connectivity index (χ2n) is 3.67. The summed E-state index contributed by atoms with van der Waals surface area (Å²) in [5.41, 5.74) is -0.220. The van der Waals surface area contributed by atoms with Gasteiger partial charge in [0.05, 0.1) is 12.0 Å². The summed E-state index contributed by atoms with van der Waals surface area (Å²) in [4.78, 5) is 18.1. The molecule has 0 bridgehead atoms. The lowest BCUT2D eigenvalue weighted by atomic mass is 10.2. The van der Waals surface area contributed by atoms with Crippen molar-refractivity contribution in [3.63, 3.8) is 0 Å². The first-order valence-electron chi connectivity index (χ1n) is 5.23. The van der Waals surface area contributed by atoms with Crippen molar-refractivity contribution < 1.29 is 9.66 Å². The number of rotatable bonds is 4. The average molecular weight is 239 g/mol. The van der Waals surface area contributed by atoms with E-state index >= 15 is 0 Å². The third-order valence-corrected chi connectivity index (χ3v) is 2.57. The zero-order chi connectivity index (χ0) is 12.3. The van der Waals surface area contributed by atoms with Gasteiger partial charge in [0.2, 0.25) is 5.82 Å². The molecule has 0 aromatic carbocycles. The van der Waals surface area contributed by atoms with Gasteiger partial charge >= 0.3 is 5.69 Å². The van der Waals surface area contributed by atoms with Crippen molar-refractivity contribution in [3.05, 3.63) is 16.4 Å². The number of nitro groups is 1. The molecule has 2 N–H and O–H groups in total. The zero-order valence-electron chi connectivity index (χ0n) is 9.34. The van der Waals surface area contributed by atoms with Gasteiger partial charge in [-0.3, -0.25) is 10.1 Å². The highest BCUT2D eigenvalue weighted by Crippen LogP contribution is 2.31. The molecule has 0 spiro atoms. The number of anilines is 1. The van der Waals surface area contributed by atoms with Crippen molar-refractivity contribution in [2.45, 2.75) is 12.5 Å². The molecule has 17 heavy (non-hydrogen) atoms.